The molecule has 1 heterocycles. The molecule has 0 N–H and O–H groups in total. The van der Waals surface area contributed by atoms with Crippen LogP contribution in [0, 0.1) is 0 Å². The molecule has 2 aliphatic rings. The van der Waals surface area contributed by atoms with Gasteiger partial charge in [0.2, 0.25) is 0 Å². The Kier molecular flexibility index (Phi) is 7.27. The largest absolute Gasteiger partial charge is 0.416 e. The predicted octanol–water partition coefficient (Wildman–Crippen LogP) is 5.91. The summed E-state index contributed by atoms with van der Waals surface area (Å²) < 4.78 is 38.6. The van der Waals surface area contributed by atoms with Gasteiger partial charge in [-0.05, 0) is 56.2 Å². The number of carbonyl (C=O) groups excluding carboxylic acids is 1. The lowest BCUT2D eigenvalue weighted by atomic mass is 9.97. The van der Waals surface area contributed by atoms with Crippen molar-refractivity contribution in [3.63, 3.8) is 0 Å². The van der Waals surface area contributed by atoms with Crippen molar-refractivity contribution in [2.45, 2.75) is 83.1 Å². The van der Waals surface area contributed by atoms with Gasteiger partial charge in [0, 0.05) is 36.8 Å². The molecule has 0 aromatic heterocycles. The first kappa shape index (κ1) is 22.9. The lowest BCUT2D eigenvalue weighted by Crippen LogP contribution is -2.50. The third-order valence-electron chi connectivity index (χ3n) is 6.50. The molecule has 1 aliphatic heterocycles. The van der Waals surface area contributed by atoms with E-state index < -0.39 is 11.7 Å². The average molecular weight is 423 g/mol. The minimum atomic E-state index is -4.46. The van der Waals surface area contributed by atoms with Gasteiger partial charge in [0.1, 0.15) is 0 Å². The Morgan fingerprint density at radius 2 is 1.60 bits per heavy atom. The first-order valence-electron chi connectivity index (χ1n) is 11.2. The summed E-state index contributed by atoms with van der Waals surface area (Å²) in [5.41, 5.74) is -0.419. The highest BCUT2D eigenvalue weighted by Gasteiger charge is 2.39. The molecule has 3 nitrogen and oxygen atoms in total. The van der Waals surface area contributed by atoms with Crippen molar-refractivity contribution in [1.29, 1.82) is 0 Å². The quantitative estimate of drug-likeness (QED) is 0.520. The van der Waals surface area contributed by atoms with E-state index in [0.717, 1.165) is 45.2 Å². The summed E-state index contributed by atoms with van der Waals surface area (Å²) in [4.78, 5) is 17.8. The van der Waals surface area contributed by atoms with Gasteiger partial charge >= 0.3 is 6.18 Å². The fraction of sp³-hybridized carbons (Fsp3) is 0.625. The maximum Gasteiger partial charge on any atom is 0.416 e. The van der Waals surface area contributed by atoms with Crippen LogP contribution in [0.15, 0.2) is 30.8 Å². The number of allylic oxidation sites excluding steroid dienone is 1. The second kappa shape index (κ2) is 9.54. The molecular weight excluding hydrogens is 389 g/mol. The molecule has 0 bridgehead atoms. The number of hydrogen-bond acceptors (Lipinski definition) is 2. The van der Waals surface area contributed by atoms with E-state index in [0.29, 0.717) is 11.6 Å². The molecule has 1 amide bonds. The summed E-state index contributed by atoms with van der Waals surface area (Å²) in [6.45, 7) is 9.60. The third kappa shape index (κ3) is 5.26. The SMILES string of the molecule is C=C(c1ccc(C(=O)N(C2CC2)C2CCN(C(CC)CCC)CC2)cc1)C(F)(F)F. The Labute approximate surface area is 177 Å². The van der Waals surface area contributed by atoms with Crippen molar-refractivity contribution in [3.8, 4) is 0 Å². The fourth-order valence-electron chi connectivity index (χ4n) is 4.62. The van der Waals surface area contributed by atoms with E-state index in [4.69, 9.17) is 0 Å². The number of alkyl halides is 3. The Morgan fingerprint density at radius 1 is 1.07 bits per heavy atom. The van der Waals surface area contributed by atoms with E-state index >= 15 is 0 Å². The molecule has 6 heteroatoms. The molecule has 1 atom stereocenters. The number of piperidine rings is 1. The van der Waals surface area contributed by atoms with Gasteiger partial charge in [0.15, 0.2) is 0 Å². The Hall–Kier alpha value is -1.82. The highest BCUT2D eigenvalue weighted by Crippen LogP contribution is 2.35. The summed E-state index contributed by atoms with van der Waals surface area (Å²) in [5, 5.41) is 0. The number of nitrogens with zero attached hydrogens (tertiary/aromatic N) is 2. The minimum Gasteiger partial charge on any atom is -0.333 e. The van der Waals surface area contributed by atoms with E-state index in [1.807, 2.05) is 4.90 Å². The zero-order valence-corrected chi connectivity index (χ0v) is 18.0. The Balaban J connectivity index is 1.67. The summed E-state index contributed by atoms with van der Waals surface area (Å²) in [7, 11) is 0. The van der Waals surface area contributed by atoms with Crippen LogP contribution in [0.5, 0.6) is 0 Å². The van der Waals surface area contributed by atoms with Crippen molar-refractivity contribution in [3.05, 3.63) is 42.0 Å². The first-order valence-corrected chi connectivity index (χ1v) is 11.2. The van der Waals surface area contributed by atoms with E-state index in [1.54, 1.807) is 0 Å². The molecule has 0 radical (unpaired) electrons. The minimum absolute atomic E-state index is 0.00635. The van der Waals surface area contributed by atoms with Gasteiger partial charge < -0.3 is 9.80 Å². The van der Waals surface area contributed by atoms with Gasteiger partial charge in [-0.2, -0.15) is 13.2 Å². The van der Waals surface area contributed by atoms with Crippen LogP contribution >= 0.6 is 0 Å². The van der Waals surface area contributed by atoms with Crippen molar-refractivity contribution in [2.24, 2.45) is 0 Å². The molecule has 166 valence electrons. The monoisotopic (exact) mass is 422 g/mol. The zero-order valence-electron chi connectivity index (χ0n) is 18.0. The number of rotatable bonds is 8. The topological polar surface area (TPSA) is 23.6 Å². The Morgan fingerprint density at radius 3 is 2.07 bits per heavy atom. The number of halogens is 3. The van der Waals surface area contributed by atoms with Crippen LogP contribution in [-0.4, -0.2) is 53.1 Å². The molecule has 1 aromatic carbocycles. The van der Waals surface area contributed by atoms with Crippen molar-refractivity contribution >= 4 is 11.5 Å². The normalized spacial score (nSPS) is 19.5. The van der Waals surface area contributed by atoms with Crippen LogP contribution in [0.1, 0.15) is 74.7 Å². The zero-order chi connectivity index (χ0) is 21.9. The summed E-state index contributed by atoms with van der Waals surface area (Å²) in [6, 6.07) is 6.83. The summed E-state index contributed by atoms with van der Waals surface area (Å²) in [6.07, 6.45) is 3.04. The van der Waals surface area contributed by atoms with E-state index in [2.05, 4.69) is 25.3 Å². The van der Waals surface area contributed by atoms with Gasteiger partial charge in [-0.25, -0.2) is 0 Å². The smallest absolute Gasteiger partial charge is 0.333 e. The van der Waals surface area contributed by atoms with Crippen LogP contribution in [0.3, 0.4) is 0 Å². The van der Waals surface area contributed by atoms with Crippen LogP contribution in [-0.2, 0) is 0 Å². The number of carbonyl (C=O) groups is 1. The maximum absolute atomic E-state index is 13.2. The van der Waals surface area contributed by atoms with Crippen molar-refractivity contribution in [1.82, 2.24) is 9.80 Å². The van der Waals surface area contributed by atoms with Gasteiger partial charge in [-0.15, -0.1) is 0 Å². The number of benzene rings is 1. The first-order chi connectivity index (χ1) is 14.3. The van der Waals surface area contributed by atoms with Gasteiger partial charge in [0.05, 0.1) is 5.57 Å². The van der Waals surface area contributed by atoms with Crippen LogP contribution in [0.2, 0.25) is 0 Å². The molecule has 3 rings (SSSR count). The molecule has 1 saturated heterocycles. The van der Waals surface area contributed by atoms with Crippen LogP contribution < -0.4 is 0 Å². The molecule has 30 heavy (non-hydrogen) atoms. The van der Waals surface area contributed by atoms with Crippen LogP contribution in [0.25, 0.3) is 5.57 Å². The second-order valence-corrected chi connectivity index (χ2v) is 8.62. The standard InChI is InChI=1S/C24H33F3N2O/c1-4-6-20(5-2)28-15-13-22(14-16-28)29(21-11-12-21)23(30)19-9-7-18(8-10-19)17(3)24(25,26)27/h7-10,20-22H,3-6,11-16H2,1-2H3. The highest BCUT2D eigenvalue weighted by atomic mass is 19.4. The molecule has 0 spiro atoms. The van der Waals surface area contributed by atoms with Gasteiger partial charge in [-0.1, -0.05) is 39.0 Å². The summed E-state index contributed by atoms with van der Waals surface area (Å²) in [5.74, 6) is -0.0549. The molecule has 1 aromatic rings. The number of amides is 1. The van der Waals surface area contributed by atoms with Crippen molar-refractivity contribution < 1.29 is 18.0 Å². The molecule has 2 fully saturated rings. The fourth-order valence-corrected chi connectivity index (χ4v) is 4.62. The second-order valence-electron chi connectivity index (χ2n) is 8.62. The third-order valence-corrected chi connectivity index (χ3v) is 6.50. The highest BCUT2D eigenvalue weighted by molar-refractivity contribution is 5.95. The molecule has 1 aliphatic carbocycles. The van der Waals surface area contributed by atoms with Gasteiger partial charge in [0.25, 0.3) is 5.91 Å². The number of hydrogen-bond donors (Lipinski definition) is 0. The lowest BCUT2D eigenvalue weighted by Gasteiger charge is -2.41. The van der Waals surface area contributed by atoms with Crippen molar-refractivity contribution in [2.75, 3.05) is 13.1 Å². The molecule has 1 saturated carbocycles. The molecular formula is C24H33F3N2O. The predicted molar refractivity (Wildman–Crippen MR) is 114 cm³/mol. The van der Waals surface area contributed by atoms with E-state index in [1.165, 1.54) is 37.1 Å². The average Bonchev–Trinajstić information content (AvgIpc) is 3.56. The Bertz CT molecular complexity index is 732. The van der Waals surface area contributed by atoms with E-state index in [9.17, 15) is 18.0 Å². The van der Waals surface area contributed by atoms with Gasteiger partial charge in [-0.3, -0.25) is 4.79 Å². The molecule has 1 unspecified atom stereocenters. The number of likely N-dealkylation sites (tertiary alicyclic amines) is 1. The van der Waals surface area contributed by atoms with E-state index in [-0.39, 0.29) is 23.6 Å². The maximum atomic E-state index is 13.2. The lowest BCUT2D eigenvalue weighted by molar-refractivity contribution is -0.0686. The summed E-state index contributed by atoms with van der Waals surface area (Å²) >= 11 is 0. The van der Waals surface area contributed by atoms with Crippen LogP contribution in [0.4, 0.5) is 13.2 Å².